The number of halogens is 4. The van der Waals surface area contributed by atoms with Gasteiger partial charge in [0.1, 0.15) is 5.75 Å². The molecule has 0 aliphatic heterocycles. The summed E-state index contributed by atoms with van der Waals surface area (Å²) in [6.07, 6.45) is 0. The van der Waals surface area contributed by atoms with E-state index in [1.165, 1.54) is 13.2 Å². The number of methoxy groups -OCH3 is 1. The van der Waals surface area contributed by atoms with E-state index in [0.29, 0.717) is 0 Å². The molecule has 0 atom stereocenters. The Hall–Kier alpha value is 0.801. The van der Waals surface area contributed by atoms with Gasteiger partial charge in [-0.1, -0.05) is 23.7 Å². The van der Waals surface area contributed by atoms with Crippen molar-refractivity contribution in [3.05, 3.63) is 23.2 Å². The van der Waals surface area contributed by atoms with Gasteiger partial charge in [-0.25, -0.2) is 0 Å². The van der Waals surface area contributed by atoms with Crippen molar-refractivity contribution in [2.24, 2.45) is 0 Å². The molecule has 1 aromatic rings. The SMILES string of the molecule is COc1ccc([B-](F)(F)F)cc1Cl.[K+]. The molecule has 0 saturated carbocycles. The van der Waals surface area contributed by atoms with E-state index in [0.717, 1.165) is 12.1 Å². The normalized spacial score (nSPS) is 10.6. The van der Waals surface area contributed by atoms with Crippen LogP contribution in [-0.2, 0) is 0 Å². The monoisotopic (exact) mass is 248 g/mol. The van der Waals surface area contributed by atoms with E-state index >= 15 is 0 Å². The van der Waals surface area contributed by atoms with Gasteiger partial charge in [-0.15, -0.1) is 5.46 Å². The van der Waals surface area contributed by atoms with Gasteiger partial charge in [0.15, 0.2) is 0 Å². The average molecular weight is 248 g/mol. The minimum absolute atomic E-state index is 0. The Balaban J connectivity index is 0.00000169. The van der Waals surface area contributed by atoms with Gasteiger partial charge in [0, 0.05) is 0 Å². The maximum absolute atomic E-state index is 12.2. The van der Waals surface area contributed by atoms with Gasteiger partial charge in [0.2, 0.25) is 0 Å². The second-order valence-corrected chi connectivity index (χ2v) is 2.88. The van der Waals surface area contributed by atoms with Crippen LogP contribution >= 0.6 is 11.6 Å². The quantitative estimate of drug-likeness (QED) is 0.636. The molecule has 0 aliphatic rings. The van der Waals surface area contributed by atoms with E-state index < -0.39 is 12.4 Å². The molecule has 0 fully saturated rings. The Bertz CT molecular complexity index is 318. The second kappa shape index (κ2) is 5.77. The van der Waals surface area contributed by atoms with Gasteiger partial charge in [-0.2, -0.15) is 0 Å². The molecule has 1 aromatic carbocycles. The van der Waals surface area contributed by atoms with E-state index in [9.17, 15) is 12.9 Å². The number of hydrogen-bond acceptors (Lipinski definition) is 1. The zero-order valence-corrected chi connectivity index (χ0v) is 11.6. The summed E-state index contributed by atoms with van der Waals surface area (Å²) in [6.45, 7) is -4.98. The Labute approximate surface area is 127 Å². The Morgan fingerprint density at radius 2 is 1.86 bits per heavy atom. The fraction of sp³-hybridized carbons (Fsp3) is 0.143. The Morgan fingerprint density at radius 3 is 2.21 bits per heavy atom. The van der Waals surface area contributed by atoms with Crippen molar-refractivity contribution in [1.82, 2.24) is 0 Å². The smallest absolute Gasteiger partial charge is 0.495 e. The van der Waals surface area contributed by atoms with Crippen molar-refractivity contribution in [1.29, 1.82) is 0 Å². The Kier molecular flexibility index (Phi) is 6.10. The molecule has 14 heavy (non-hydrogen) atoms. The zero-order chi connectivity index (χ0) is 10.1. The van der Waals surface area contributed by atoms with Crippen LogP contribution in [0.4, 0.5) is 12.9 Å². The van der Waals surface area contributed by atoms with Crippen LogP contribution in [0.3, 0.4) is 0 Å². The first-order valence-electron chi connectivity index (χ1n) is 3.48. The summed E-state index contributed by atoms with van der Waals surface area (Å²) in [5.74, 6) is 0.241. The third-order valence-corrected chi connectivity index (χ3v) is 1.85. The van der Waals surface area contributed by atoms with Crippen LogP contribution in [0.15, 0.2) is 18.2 Å². The molecule has 0 N–H and O–H groups in total. The molecule has 0 amide bonds. The van der Waals surface area contributed by atoms with Crippen LogP contribution in [0.2, 0.25) is 5.02 Å². The zero-order valence-electron chi connectivity index (χ0n) is 7.73. The molecule has 0 unspecified atom stereocenters. The average Bonchev–Trinajstić information content (AvgIpc) is 2.02. The van der Waals surface area contributed by atoms with Crippen LogP contribution < -0.4 is 61.6 Å². The summed E-state index contributed by atoms with van der Waals surface area (Å²) in [4.78, 5) is 0. The molecule has 0 aliphatic carbocycles. The van der Waals surface area contributed by atoms with Crippen molar-refractivity contribution < 1.29 is 69.1 Å². The van der Waals surface area contributed by atoms with Crippen molar-refractivity contribution >= 4 is 24.0 Å². The third-order valence-electron chi connectivity index (χ3n) is 1.55. The first-order valence-corrected chi connectivity index (χ1v) is 3.86. The molecule has 72 valence electrons. The molecule has 0 saturated heterocycles. The summed E-state index contributed by atoms with van der Waals surface area (Å²) in [6, 6.07) is 3.01. The number of benzene rings is 1. The van der Waals surface area contributed by atoms with Gasteiger partial charge in [0.25, 0.3) is 0 Å². The Morgan fingerprint density at radius 1 is 1.29 bits per heavy atom. The van der Waals surface area contributed by atoms with E-state index in [1.807, 2.05) is 0 Å². The maximum atomic E-state index is 12.2. The molecule has 1 nitrogen and oxygen atoms in total. The van der Waals surface area contributed by atoms with Crippen LogP contribution in [0.5, 0.6) is 5.75 Å². The second-order valence-electron chi connectivity index (χ2n) is 2.47. The van der Waals surface area contributed by atoms with Crippen molar-refractivity contribution in [2.45, 2.75) is 0 Å². The maximum Gasteiger partial charge on any atom is 1.00 e. The fourth-order valence-electron chi connectivity index (χ4n) is 0.886. The van der Waals surface area contributed by atoms with Gasteiger partial charge in [-0.3, -0.25) is 0 Å². The minimum atomic E-state index is -4.98. The van der Waals surface area contributed by atoms with E-state index in [4.69, 9.17) is 16.3 Å². The summed E-state index contributed by atoms with van der Waals surface area (Å²) in [5, 5.41) is -0.0285. The van der Waals surface area contributed by atoms with E-state index in [-0.39, 0.29) is 62.2 Å². The standard InChI is InChI=1S/C7H6BClF3O.K/c1-13-7-3-2-5(4-6(7)9)8(10,11)12;/h2-4H,1H3;/q-1;+1. The van der Waals surface area contributed by atoms with Crippen LogP contribution in [0, 0.1) is 0 Å². The molecule has 0 bridgehead atoms. The largest absolute Gasteiger partial charge is 1.00 e. The molecule has 0 radical (unpaired) electrons. The van der Waals surface area contributed by atoms with Gasteiger partial charge in [0.05, 0.1) is 12.1 Å². The van der Waals surface area contributed by atoms with E-state index in [1.54, 1.807) is 0 Å². The van der Waals surface area contributed by atoms with E-state index in [2.05, 4.69) is 0 Å². The van der Waals surface area contributed by atoms with Crippen molar-refractivity contribution in [2.75, 3.05) is 7.11 Å². The molecule has 0 spiro atoms. The molecule has 0 heterocycles. The van der Waals surface area contributed by atoms with Crippen LogP contribution in [0.1, 0.15) is 0 Å². The number of rotatable bonds is 2. The summed E-state index contributed by atoms with van der Waals surface area (Å²) >= 11 is 5.52. The predicted octanol–water partition coefficient (Wildman–Crippen LogP) is -0.593. The third kappa shape index (κ3) is 3.75. The van der Waals surface area contributed by atoms with Gasteiger partial charge in [-0.05, 0) is 6.07 Å². The topological polar surface area (TPSA) is 9.23 Å². The van der Waals surface area contributed by atoms with Gasteiger partial charge >= 0.3 is 58.4 Å². The predicted molar refractivity (Wildman–Crippen MR) is 46.7 cm³/mol. The first kappa shape index (κ1) is 14.8. The van der Waals surface area contributed by atoms with Crippen molar-refractivity contribution in [3.8, 4) is 5.75 Å². The van der Waals surface area contributed by atoms with Crippen LogP contribution in [0.25, 0.3) is 0 Å². The molecule has 1 rings (SSSR count). The minimum Gasteiger partial charge on any atom is -0.495 e. The molecule has 7 heteroatoms. The van der Waals surface area contributed by atoms with Gasteiger partial charge < -0.3 is 17.7 Å². The summed E-state index contributed by atoms with van der Waals surface area (Å²) < 4.78 is 41.2. The molecular formula is C7H6BClF3KO. The molecule has 0 aromatic heterocycles. The first-order chi connectivity index (χ1) is 5.95. The molecular weight excluding hydrogens is 242 g/mol. The number of hydrogen-bond donors (Lipinski definition) is 0. The van der Waals surface area contributed by atoms with Crippen LogP contribution in [-0.4, -0.2) is 14.1 Å². The summed E-state index contributed by atoms with van der Waals surface area (Å²) in [5.41, 5.74) is -0.717. The summed E-state index contributed by atoms with van der Waals surface area (Å²) in [7, 11) is 1.35. The fourth-order valence-corrected chi connectivity index (χ4v) is 1.15. The number of ether oxygens (including phenoxy) is 1. The van der Waals surface area contributed by atoms with Crippen molar-refractivity contribution in [3.63, 3.8) is 0 Å².